The smallest absolute Gasteiger partial charge is 0.292 e. The number of amides is 1. The van der Waals surface area contributed by atoms with Crippen LogP contribution in [-0.4, -0.2) is 28.4 Å². The third-order valence-electron chi connectivity index (χ3n) is 4.01. The van der Waals surface area contributed by atoms with Crippen molar-refractivity contribution in [2.45, 2.75) is 30.4 Å². The topological polar surface area (TPSA) is 98.3 Å². The molecule has 0 unspecified atom stereocenters. The first-order chi connectivity index (χ1) is 9.97. The van der Waals surface area contributed by atoms with Crippen molar-refractivity contribution in [2.24, 2.45) is 0 Å². The van der Waals surface area contributed by atoms with Gasteiger partial charge in [0, 0.05) is 22.9 Å². The normalized spacial score (nSPS) is 16.6. The first kappa shape index (κ1) is 15.6. The Morgan fingerprint density at radius 2 is 2.14 bits per heavy atom. The molecule has 1 saturated carbocycles. The number of hydrogen-bond acceptors (Lipinski definition) is 5. The van der Waals surface area contributed by atoms with E-state index in [1.165, 1.54) is 31.0 Å². The van der Waals surface area contributed by atoms with Gasteiger partial charge in [0.05, 0.1) is 4.92 Å². The lowest BCUT2D eigenvalue weighted by atomic mass is 10.1. The fraction of sp³-hybridized carbons (Fsp3) is 0.500. The van der Waals surface area contributed by atoms with E-state index in [0.29, 0.717) is 12.1 Å². The molecule has 1 aliphatic rings. The van der Waals surface area contributed by atoms with Gasteiger partial charge in [-0.1, -0.05) is 12.8 Å². The maximum absolute atomic E-state index is 12.1. The molecule has 1 aliphatic carbocycles. The summed E-state index contributed by atoms with van der Waals surface area (Å²) >= 11 is 1.80. The third-order valence-corrected chi connectivity index (χ3v) is 5.42. The van der Waals surface area contributed by atoms with E-state index in [9.17, 15) is 14.9 Å². The Labute approximate surface area is 127 Å². The monoisotopic (exact) mass is 309 g/mol. The van der Waals surface area contributed by atoms with Crippen LogP contribution in [-0.2, 0) is 0 Å². The van der Waals surface area contributed by atoms with Gasteiger partial charge in [0.1, 0.15) is 5.69 Å². The summed E-state index contributed by atoms with van der Waals surface area (Å²) in [5.74, 6) is -0.239. The van der Waals surface area contributed by atoms with Crippen LogP contribution in [0.5, 0.6) is 0 Å². The lowest BCUT2D eigenvalue weighted by Gasteiger charge is -2.26. The molecule has 7 heteroatoms. The van der Waals surface area contributed by atoms with Crippen LogP contribution in [0.1, 0.15) is 36.0 Å². The first-order valence-electron chi connectivity index (χ1n) is 6.85. The van der Waals surface area contributed by atoms with Crippen LogP contribution in [0, 0.1) is 10.1 Å². The number of nitrogens with zero attached hydrogens (tertiary/aromatic N) is 1. The number of rotatable bonds is 5. The summed E-state index contributed by atoms with van der Waals surface area (Å²) in [6.07, 6.45) is 6.68. The Morgan fingerprint density at radius 3 is 2.67 bits per heavy atom. The average Bonchev–Trinajstić information content (AvgIpc) is 2.93. The van der Waals surface area contributed by atoms with E-state index in [2.05, 4.69) is 11.6 Å². The molecule has 0 saturated heterocycles. The quantitative estimate of drug-likeness (QED) is 0.495. The molecule has 1 aromatic rings. The highest BCUT2D eigenvalue weighted by Gasteiger charge is 2.33. The Bertz CT molecular complexity index is 556. The highest BCUT2D eigenvalue weighted by molar-refractivity contribution is 8.00. The highest BCUT2D eigenvalue weighted by atomic mass is 32.2. The summed E-state index contributed by atoms with van der Waals surface area (Å²) in [4.78, 5) is 22.3. The summed E-state index contributed by atoms with van der Waals surface area (Å²) in [5.41, 5.74) is 5.79. The van der Waals surface area contributed by atoms with Gasteiger partial charge in [-0.2, -0.15) is 11.8 Å². The van der Waals surface area contributed by atoms with E-state index in [4.69, 9.17) is 5.73 Å². The molecule has 21 heavy (non-hydrogen) atoms. The van der Waals surface area contributed by atoms with Crippen LogP contribution < -0.4 is 11.1 Å². The van der Waals surface area contributed by atoms with Crippen molar-refractivity contribution in [2.75, 3.05) is 18.5 Å². The molecule has 0 bridgehead atoms. The number of benzene rings is 1. The van der Waals surface area contributed by atoms with E-state index < -0.39 is 4.92 Å². The average molecular weight is 309 g/mol. The molecule has 0 atom stereocenters. The zero-order valence-electron chi connectivity index (χ0n) is 11.9. The zero-order chi connectivity index (χ0) is 15.5. The standard InChI is InChI=1S/C14H19N3O3S/c1-21-14(6-2-3-7-14)9-16-13(18)10-4-5-12(17(19)20)11(15)8-10/h4-5,8H,2-3,6-7,9,15H2,1H3,(H,16,18). The number of hydrogen-bond donors (Lipinski definition) is 2. The second-order valence-electron chi connectivity index (χ2n) is 5.31. The van der Waals surface area contributed by atoms with Gasteiger partial charge in [-0.05, 0) is 31.2 Å². The number of nitro benzene ring substituents is 1. The summed E-state index contributed by atoms with van der Waals surface area (Å²) in [6.45, 7) is 0.615. The fourth-order valence-corrected chi connectivity index (χ4v) is 3.59. The molecular formula is C14H19N3O3S. The number of anilines is 1. The molecule has 1 fully saturated rings. The molecule has 2 rings (SSSR count). The van der Waals surface area contributed by atoms with Crippen LogP contribution in [0.4, 0.5) is 11.4 Å². The maximum Gasteiger partial charge on any atom is 0.292 e. The van der Waals surface area contributed by atoms with Crippen LogP contribution in [0.25, 0.3) is 0 Å². The van der Waals surface area contributed by atoms with Crippen molar-refractivity contribution in [1.82, 2.24) is 5.32 Å². The predicted molar refractivity (Wildman–Crippen MR) is 84.6 cm³/mol. The molecule has 114 valence electrons. The van der Waals surface area contributed by atoms with Gasteiger partial charge in [0.25, 0.3) is 11.6 Å². The second-order valence-corrected chi connectivity index (χ2v) is 6.58. The Hall–Kier alpha value is -1.76. The second kappa shape index (κ2) is 6.34. The predicted octanol–water partition coefficient (Wildman–Crippen LogP) is 2.58. The molecule has 6 nitrogen and oxygen atoms in total. The molecule has 1 aromatic carbocycles. The minimum Gasteiger partial charge on any atom is -0.393 e. The minimum absolute atomic E-state index is 0.00750. The number of carbonyl (C=O) groups is 1. The first-order valence-corrected chi connectivity index (χ1v) is 8.07. The SMILES string of the molecule is CSC1(CNC(=O)c2ccc([N+](=O)[O-])c(N)c2)CCCC1. The van der Waals surface area contributed by atoms with Crippen LogP contribution in [0.3, 0.4) is 0 Å². The number of carbonyl (C=O) groups excluding carboxylic acids is 1. The number of thioether (sulfide) groups is 1. The summed E-state index contributed by atoms with van der Waals surface area (Å²) in [5, 5.41) is 13.6. The highest BCUT2D eigenvalue weighted by Crippen LogP contribution is 2.39. The minimum atomic E-state index is -0.557. The summed E-state index contributed by atoms with van der Waals surface area (Å²) < 4.78 is 0.127. The molecule has 0 radical (unpaired) electrons. The van der Waals surface area contributed by atoms with E-state index in [1.807, 2.05) is 0 Å². The molecule has 0 spiro atoms. The number of nitrogens with two attached hydrogens (primary N) is 1. The Morgan fingerprint density at radius 1 is 1.48 bits per heavy atom. The largest absolute Gasteiger partial charge is 0.393 e. The van der Waals surface area contributed by atoms with Crippen LogP contribution >= 0.6 is 11.8 Å². The van der Waals surface area contributed by atoms with Gasteiger partial charge in [0.15, 0.2) is 0 Å². The lowest BCUT2D eigenvalue weighted by Crippen LogP contribution is -2.38. The molecule has 0 heterocycles. The lowest BCUT2D eigenvalue weighted by molar-refractivity contribution is -0.383. The number of nitrogen functional groups attached to an aromatic ring is 1. The molecular weight excluding hydrogens is 290 g/mol. The third kappa shape index (κ3) is 3.47. The van der Waals surface area contributed by atoms with E-state index in [-0.39, 0.29) is 22.0 Å². The van der Waals surface area contributed by atoms with E-state index in [1.54, 1.807) is 11.8 Å². The van der Waals surface area contributed by atoms with Gasteiger partial charge in [-0.25, -0.2) is 0 Å². The fourth-order valence-electron chi connectivity index (χ4n) is 2.68. The molecule has 1 amide bonds. The zero-order valence-corrected chi connectivity index (χ0v) is 12.7. The Kier molecular flexibility index (Phi) is 4.72. The van der Waals surface area contributed by atoms with Crippen molar-refractivity contribution in [1.29, 1.82) is 0 Å². The van der Waals surface area contributed by atoms with Crippen molar-refractivity contribution < 1.29 is 9.72 Å². The molecule has 0 aliphatic heterocycles. The Balaban J connectivity index is 2.03. The van der Waals surface area contributed by atoms with Gasteiger partial charge >= 0.3 is 0 Å². The van der Waals surface area contributed by atoms with Gasteiger partial charge in [0.2, 0.25) is 0 Å². The number of nitrogens with one attached hydrogen (secondary N) is 1. The number of nitro groups is 1. The van der Waals surface area contributed by atoms with Crippen molar-refractivity contribution in [3.63, 3.8) is 0 Å². The summed E-state index contributed by atoms with van der Waals surface area (Å²) in [7, 11) is 0. The maximum atomic E-state index is 12.1. The van der Waals surface area contributed by atoms with Crippen molar-refractivity contribution in [3.8, 4) is 0 Å². The molecule has 3 N–H and O–H groups in total. The van der Waals surface area contributed by atoms with Gasteiger partial charge in [-0.15, -0.1) is 0 Å². The van der Waals surface area contributed by atoms with E-state index in [0.717, 1.165) is 12.8 Å². The van der Waals surface area contributed by atoms with Gasteiger partial charge < -0.3 is 11.1 Å². The summed E-state index contributed by atoms with van der Waals surface area (Å²) in [6, 6.07) is 4.06. The van der Waals surface area contributed by atoms with Crippen molar-refractivity contribution in [3.05, 3.63) is 33.9 Å². The van der Waals surface area contributed by atoms with Crippen molar-refractivity contribution >= 4 is 29.0 Å². The van der Waals surface area contributed by atoms with E-state index >= 15 is 0 Å². The molecule has 0 aromatic heterocycles. The van der Waals surface area contributed by atoms with Crippen LogP contribution in [0.15, 0.2) is 18.2 Å². The van der Waals surface area contributed by atoms with Gasteiger partial charge in [-0.3, -0.25) is 14.9 Å². The van der Waals surface area contributed by atoms with Crippen LogP contribution in [0.2, 0.25) is 0 Å².